The van der Waals surface area contributed by atoms with Crippen molar-refractivity contribution in [2.75, 3.05) is 0 Å². The standard InChI is InChI=1S/CH4N2O7S2/c2-11(6,7)3(1(4)5)12(8,9)10/h(H,4,5)(H2,2,6,7)(H,8,9,10). The van der Waals surface area contributed by atoms with Crippen molar-refractivity contribution < 1.29 is 31.3 Å². The molecule has 0 heterocycles. The quantitative estimate of drug-likeness (QED) is 0.453. The van der Waals surface area contributed by atoms with Crippen LogP contribution in [0.25, 0.3) is 0 Å². The lowest BCUT2D eigenvalue weighted by atomic mass is 11.3. The van der Waals surface area contributed by atoms with Crippen LogP contribution < -0.4 is 5.14 Å². The van der Waals surface area contributed by atoms with E-state index in [-0.39, 0.29) is 0 Å². The Kier molecular flexibility index (Phi) is 2.64. The minimum absolute atomic E-state index is 1.26. The summed E-state index contributed by atoms with van der Waals surface area (Å²) in [7, 11) is -10.4. The smallest absolute Gasteiger partial charge is 0.438 e. The van der Waals surface area contributed by atoms with E-state index in [1.54, 1.807) is 0 Å². The fourth-order valence-corrected chi connectivity index (χ4v) is 1.80. The maximum atomic E-state index is 10.2. The number of carbonyl (C=O) groups is 1. The molecule has 0 fully saturated rings. The highest BCUT2D eigenvalue weighted by molar-refractivity contribution is 8.01. The van der Waals surface area contributed by atoms with Crippen molar-refractivity contribution in [3.63, 3.8) is 0 Å². The van der Waals surface area contributed by atoms with Crippen LogP contribution in [0.4, 0.5) is 4.79 Å². The summed E-state index contributed by atoms with van der Waals surface area (Å²) < 4.78 is 47.3. The molecule has 0 aliphatic heterocycles. The first kappa shape index (κ1) is 11.1. The number of hydrogen-bond acceptors (Lipinski definition) is 5. The molecule has 0 bridgehead atoms. The topological polar surface area (TPSA) is 155 Å². The molecule has 0 radical (unpaired) electrons. The van der Waals surface area contributed by atoms with Gasteiger partial charge in [-0.2, -0.15) is 16.8 Å². The van der Waals surface area contributed by atoms with E-state index in [2.05, 4.69) is 5.14 Å². The van der Waals surface area contributed by atoms with Gasteiger partial charge in [-0.25, -0.2) is 9.93 Å². The summed E-state index contributed by atoms with van der Waals surface area (Å²) in [4.78, 5) is 9.92. The highest BCUT2D eigenvalue weighted by Gasteiger charge is 2.35. The van der Waals surface area contributed by atoms with Gasteiger partial charge in [-0.15, -0.1) is 0 Å². The summed E-state index contributed by atoms with van der Waals surface area (Å²) in [6, 6.07) is 0. The lowest BCUT2D eigenvalue weighted by Crippen LogP contribution is -2.44. The van der Waals surface area contributed by atoms with Crippen LogP contribution in [0, 0.1) is 0 Å². The zero-order valence-corrected chi connectivity index (χ0v) is 6.91. The van der Waals surface area contributed by atoms with Crippen molar-refractivity contribution in [1.29, 1.82) is 0 Å². The van der Waals surface area contributed by atoms with Crippen LogP contribution >= 0.6 is 0 Å². The Bertz CT molecular complexity index is 344. The average molecular weight is 220 g/mol. The van der Waals surface area contributed by atoms with Gasteiger partial charge in [0.15, 0.2) is 0 Å². The van der Waals surface area contributed by atoms with Gasteiger partial charge >= 0.3 is 26.6 Å². The summed E-state index contributed by atoms with van der Waals surface area (Å²) in [5.41, 5.74) is 0. The predicted molar refractivity (Wildman–Crippen MR) is 34.5 cm³/mol. The Morgan fingerprint density at radius 1 is 1.25 bits per heavy atom. The summed E-state index contributed by atoms with van der Waals surface area (Å²) in [6.07, 6.45) is -2.42. The molecule has 0 aromatic rings. The molecule has 0 spiro atoms. The van der Waals surface area contributed by atoms with E-state index in [1.165, 1.54) is 0 Å². The molecule has 11 heteroatoms. The average Bonchev–Trinajstić information content (AvgIpc) is 1.49. The monoisotopic (exact) mass is 220 g/mol. The molecule has 0 rings (SSSR count). The Hall–Kier alpha value is -0.910. The Balaban J connectivity index is 5.42. The third-order valence-corrected chi connectivity index (χ3v) is 2.98. The fourth-order valence-electron chi connectivity index (χ4n) is 0.339. The largest absolute Gasteiger partial charge is 0.463 e. The van der Waals surface area contributed by atoms with Crippen molar-refractivity contribution in [3.8, 4) is 0 Å². The summed E-state index contributed by atoms with van der Waals surface area (Å²) in [5.74, 6) is 0. The molecular weight excluding hydrogens is 216 g/mol. The number of hydrogen-bond donors (Lipinski definition) is 3. The van der Waals surface area contributed by atoms with Gasteiger partial charge in [0, 0.05) is 0 Å². The molecule has 0 saturated carbocycles. The molecule has 4 N–H and O–H groups in total. The summed E-state index contributed by atoms with van der Waals surface area (Å²) in [5, 5.41) is 12.1. The molecule has 0 unspecified atom stereocenters. The Morgan fingerprint density at radius 3 is 1.58 bits per heavy atom. The molecule has 0 aromatic heterocycles. The van der Waals surface area contributed by atoms with Crippen LogP contribution in [0.15, 0.2) is 0 Å². The zero-order valence-electron chi connectivity index (χ0n) is 5.28. The van der Waals surface area contributed by atoms with Crippen LogP contribution in [0.1, 0.15) is 0 Å². The second-order valence-corrected chi connectivity index (χ2v) is 4.39. The van der Waals surface area contributed by atoms with Crippen molar-refractivity contribution >= 4 is 26.6 Å². The van der Waals surface area contributed by atoms with Crippen LogP contribution in [0.5, 0.6) is 0 Å². The van der Waals surface area contributed by atoms with Gasteiger partial charge in [-0.3, -0.25) is 4.55 Å². The molecule has 0 aliphatic carbocycles. The number of amides is 1. The summed E-state index contributed by atoms with van der Waals surface area (Å²) >= 11 is 0. The predicted octanol–water partition coefficient (Wildman–Crippen LogP) is -2.03. The molecule has 9 nitrogen and oxygen atoms in total. The first-order valence-electron chi connectivity index (χ1n) is 2.10. The van der Waals surface area contributed by atoms with E-state index < -0.39 is 30.3 Å². The zero-order chi connectivity index (χ0) is 10.2. The first-order chi connectivity index (χ1) is 5.07. The van der Waals surface area contributed by atoms with Gasteiger partial charge in [0.25, 0.3) is 0 Å². The lowest BCUT2D eigenvalue weighted by Gasteiger charge is -2.10. The minimum Gasteiger partial charge on any atom is -0.463 e. The van der Waals surface area contributed by atoms with Gasteiger partial charge in [0.05, 0.1) is 0 Å². The van der Waals surface area contributed by atoms with Crippen molar-refractivity contribution in [2.24, 2.45) is 5.14 Å². The van der Waals surface area contributed by atoms with Gasteiger partial charge in [0.1, 0.15) is 0 Å². The maximum Gasteiger partial charge on any atom is 0.438 e. The highest BCUT2D eigenvalue weighted by atomic mass is 32.3. The second-order valence-electron chi connectivity index (χ2n) is 1.50. The van der Waals surface area contributed by atoms with Gasteiger partial charge < -0.3 is 5.11 Å². The molecule has 1 amide bonds. The van der Waals surface area contributed by atoms with Gasteiger partial charge in [-0.05, 0) is 0 Å². The molecule has 72 valence electrons. The van der Waals surface area contributed by atoms with E-state index in [0.717, 1.165) is 0 Å². The van der Waals surface area contributed by atoms with E-state index in [1.807, 2.05) is 0 Å². The minimum atomic E-state index is -5.40. The lowest BCUT2D eigenvalue weighted by molar-refractivity contribution is 0.185. The Labute approximate surface area is 67.5 Å². The van der Waals surface area contributed by atoms with Crippen molar-refractivity contribution in [1.82, 2.24) is 3.71 Å². The van der Waals surface area contributed by atoms with Gasteiger partial charge in [0.2, 0.25) is 0 Å². The highest BCUT2D eigenvalue weighted by Crippen LogP contribution is 2.01. The number of nitrogens with two attached hydrogens (primary N) is 1. The van der Waals surface area contributed by atoms with E-state index >= 15 is 0 Å². The van der Waals surface area contributed by atoms with Crippen molar-refractivity contribution in [2.45, 2.75) is 0 Å². The first-order valence-corrected chi connectivity index (χ1v) is 5.00. The molecular formula is CH4N2O7S2. The van der Waals surface area contributed by atoms with Crippen LogP contribution in [0.2, 0.25) is 0 Å². The normalized spacial score (nSPS) is 12.5. The van der Waals surface area contributed by atoms with Gasteiger partial charge in [-0.1, -0.05) is 3.71 Å². The van der Waals surface area contributed by atoms with Crippen LogP contribution in [0.3, 0.4) is 0 Å². The van der Waals surface area contributed by atoms with Crippen LogP contribution in [-0.4, -0.2) is 36.3 Å². The molecule has 0 aliphatic rings. The third-order valence-electron chi connectivity index (χ3n) is 0.597. The summed E-state index contributed by atoms with van der Waals surface area (Å²) in [6.45, 7) is 0. The molecule has 0 saturated heterocycles. The van der Waals surface area contributed by atoms with Crippen molar-refractivity contribution in [3.05, 3.63) is 0 Å². The Morgan fingerprint density at radius 2 is 1.58 bits per heavy atom. The van der Waals surface area contributed by atoms with E-state index in [9.17, 15) is 21.6 Å². The molecule has 0 atom stereocenters. The number of carboxylic acid groups (broad SMARTS) is 1. The third kappa shape index (κ3) is 2.61. The van der Waals surface area contributed by atoms with Crippen LogP contribution in [-0.2, 0) is 20.5 Å². The maximum absolute atomic E-state index is 10.2. The molecule has 0 aromatic carbocycles. The fraction of sp³-hybridized carbons (Fsp3) is 0. The number of rotatable bonds is 2. The second kappa shape index (κ2) is 2.85. The SMILES string of the molecule is NS(=O)(=O)N(C(=O)O)S(=O)(=O)O. The number of nitrogens with zero attached hydrogens (tertiary/aromatic N) is 1. The van der Waals surface area contributed by atoms with E-state index in [4.69, 9.17) is 9.66 Å². The molecule has 12 heavy (non-hydrogen) atoms. The van der Waals surface area contributed by atoms with E-state index in [0.29, 0.717) is 0 Å².